The number of hydrogen-bond donors (Lipinski definition) is 1. The van der Waals surface area contributed by atoms with Crippen molar-refractivity contribution >= 4 is 11.6 Å². The van der Waals surface area contributed by atoms with E-state index in [9.17, 15) is 0 Å². The first-order chi connectivity index (χ1) is 11.5. The van der Waals surface area contributed by atoms with Gasteiger partial charge in [-0.15, -0.1) is 10.2 Å². The van der Waals surface area contributed by atoms with Crippen LogP contribution in [-0.4, -0.2) is 26.0 Å². The molecule has 24 heavy (non-hydrogen) atoms. The summed E-state index contributed by atoms with van der Waals surface area (Å²) < 4.78 is 7.72. The summed E-state index contributed by atoms with van der Waals surface area (Å²) in [5.74, 6) is 1.01. The molecule has 2 aromatic heterocycles. The molecule has 3 atom stereocenters. The summed E-state index contributed by atoms with van der Waals surface area (Å²) >= 11 is 6.01. The Bertz CT molecular complexity index is 786. The Morgan fingerprint density at radius 3 is 2.71 bits per heavy atom. The van der Waals surface area contributed by atoms with E-state index in [1.54, 1.807) is 12.3 Å². The van der Waals surface area contributed by atoms with Gasteiger partial charge in [-0.1, -0.05) is 17.7 Å². The molecule has 0 amide bonds. The van der Waals surface area contributed by atoms with Crippen molar-refractivity contribution in [3.63, 3.8) is 0 Å². The first-order valence-corrected chi connectivity index (χ1v) is 8.27. The van der Waals surface area contributed by atoms with E-state index in [0.717, 1.165) is 5.56 Å². The van der Waals surface area contributed by atoms with Crippen molar-refractivity contribution < 1.29 is 4.42 Å². The van der Waals surface area contributed by atoms with Gasteiger partial charge >= 0.3 is 0 Å². The maximum Gasteiger partial charge on any atom is 0.247 e. The van der Waals surface area contributed by atoms with E-state index in [0.29, 0.717) is 16.8 Å². The van der Waals surface area contributed by atoms with Gasteiger partial charge in [0.15, 0.2) is 0 Å². The fourth-order valence-electron chi connectivity index (χ4n) is 2.50. The van der Waals surface area contributed by atoms with Crippen LogP contribution in [-0.2, 0) is 0 Å². The van der Waals surface area contributed by atoms with Crippen LogP contribution >= 0.6 is 11.6 Å². The Balaban J connectivity index is 1.68. The first kappa shape index (κ1) is 16.7. The molecule has 3 aromatic rings. The second kappa shape index (κ2) is 7.15. The molecular formula is C17H20ClN5O. The Morgan fingerprint density at radius 1 is 1.17 bits per heavy atom. The smallest absolute Gasteiger partial charge is 0.247 e. The van der Waals surface area contributed by atoms with E-state index in [4.69, 9.17) is 16.0 Å². The van der Waals surface area contributed by atoms with Crippen molar-refractivity contribution in [3.05, 3.63) is 53.6 Å². The summed E-state index contributed by atoms with van der Waals surface area (Å²) in [5, 5.41) is 16.7. The molecule has 2 heterocycles. The number of benzene rings is 1. The largest absolute Gasteiger partial charge is 0.419 e. The summed E-state index contributed by atoms with van der Waals surface area (Å²) in [6, 6.07) is 9.60. The summed E-state index contributed by atoms with van der Waals surface area (Å²) in [6.45, 7) is 6.22. The van der Waals surface area contributed by atoms with Gasteiger partial charge in [-0.25, -0.2) is 0 Å². The molecule has 0 bridgehead atoms. The summed E-state index contributed by atoms with van der Waals surface area (Å²) in [5.41, 5.74) is 0.811. The minimum absolute atomic E-state index is 0.0709. The lowest BCUT2D eigenvalue weighted by molar-refractivity contribution is 0.317. The third kappa shape index (κ3) is 3.66. The Kier molecular flexibility index (Phi) is 4.97. The molecule has 0 aliphatic rings. The molecule has 0 spiro atoms. The predicted octanol–water partition coefficient (Wildman–Crippen LogP) is 3.89. The van der Waals surface area contributed by atoms with Gasteiger partial charge in [-0.2, -0.15) is 5.10 Å². The van der Waals surface area contributed by atoms with Crippen LogP contribution in [0.1, 0.15) is 38.7 Å². The van der Waals surface area contributed by atoms with Gasteiger partial charge in [-0.05, 0) is 45.0 Å². The van der Waals surface area contributed by atoms with Crippen molar-refractivity contribution in [1.82, 2.24) is 25.3 Å². The van der Waals surface area contributed by atoms with Crippen molar-refractivity contribution in [3.8, 4) is 11.5 Å². The zero-order chi connectivity index (χ0) is 17.1. The number of hydrogen-bond acceptors (Lipinski definition) is 5. The number of halogens is 1. The van der Waals surface area contributed by atoms with E-state index >= 15 is 0 Å². The molecule has 126 valence electrons. The second-order valence-corrected chi connectivity index (χ2v) is 6.30. The highest BCUT2D eigenvalue weighted by molar-refractivity contribution is 6.30. The lowest BCUT2D eigenvalue weighted by Crippen LogP contribution is -2.35. The Morgan fingerprint density at radius 2 is 2.00 bits per heavy atom. The van der Waals surface area contributed by atoms with Crippen LogP contribution in [0.3, 0.4) is 0 Å². The number of nitrogens with one attached hydrogen (secondary N) is 1. The molecule has 0 saturated heterocycles. The van der Waals surface area contributed by atoms with Crippen molar-refractivity contribution in [2.24, 2.45) is 0 Å². The SMILES string of the molecule is C[C@H](N[C@H](C)[C@@H](C)n1cccn1)c1nnc(-c2cccc(Cl)c2)o1. The van der Waals surface area contributed by atoms with Crippen molar-refractivity contribution in [2.45, 2.75) is 38.9 Å². The molecule has 7 heteroatoms. The molecule has 3 rings (SSSR count). The standard InChI is InChI=1S/C17H20ClN5O/c1-11(13(3)23-9-5-8-19-23)20-12(2)16-21-22-17(24-16)14-6-4-7-15(18)10-14/h4-13,20H,1-3H3/t11-,12+,13-/m1/s1. The average Bonchev–Trinajstić information content (AvgIpc) is 3.25. The molecule has 1 N–H and O–H groups in total. The van der Waals surface area contributed by atoms with Gasteiger partial charge in [-0.3, -0.25) is 4.68 Å². The second-order valence-electron chi connectivity index (χ2n) is 5.86. The zero-order valence-electron chi connectivity index (χ0n) is 13.8. The fourth-order valence-corrected chi connectivity index (χ4v) is 2.69. The normalized spacial score (nSPS) is 15.2. The number of nitrogens with zero attached hydrogens (tertiary/aromatic N) is 4. The van der Waals surface area contributed by atoms with Crippen molar-refractivity contribution in [1.29, 1.82) is 0 Å². The van der Waals surface area contributed by atoms with Crippen LogP contribution in [0, 0.1) is 0 Å². The molecular weight excluding hydrogens is 326 g/mol. The van der Waals surface area contributed by atoms with Crippen LogP contribution in [0.5, 0.6) is 0 Å². The third-order valence-corrected chi connectivity index (χ3v) is 4.30. The predicted molar refractivity (Wildman–Crippen MR) is 92.7 cm³/mol. The van der Waals surface area contributed by atoms with Crippen molar-refractivity contribution in [2.75, 3.05) is 0 Å². The first-order valence-electron chi connectivity index (χ1n) is 7.89. The van der Waals surface area contributed by atoms with Gasteiger partial charge in [0, 0.05) is 29.0 Å². The minimum Gasteiger partial charge on any atom is -0.419 e. The highest BCUT2D eigenvalue weighted by Gasteiger charge is 2.21. The van der Waals surface area contributed by atoms with E-state index < -0.39 is 0 Å². The molecule has 0 unspecified atom stereocenters. The van der Waals surface area contributed by atoms with Gasteiger partial charge in [0.25, 0.3) is 0 Å². The average molecular weight is 346 g/mol. The van der Waals surface area contributed by atoms with Gasteiger partial charge in [0.2, 0.25) is 11.8 Å². The summed E-state index contributed by atoms with van der Waals surface area (Å²) in [6.07, 6.45) is 3.74. The third-order valence-electron chi connectivity index (χ3n) is 4.06. The lowest BCUT2D eigenvalue weighted by Gasteiger charge is -2.24. The topological polar surface area (TPSA) is 68.8 Å². The van der Waals surface area contributed by atoms with Crippen LogP contribution < -0.4 is 5.32 Å². The molecule has 0 radical (unpaired) electrons. The highest BCUT2D eigenvalue weighted by Crippen LogP contribution is 2.24. The molecule has 1 aromatic carbocycles. The maximum absolute atomic E-state index is 6.01. The Hall–Kier alpha value is -2.18. The molecule has 0 aliphatic carbocycles. The summed E-state index contributed by atoms with van der Waals surface area (Å²) in [7, 11) is 0. The lowest BCUT2D eigenvalue weighted by atomic mass is 10.1. The number of aromatic nitrogens is 4. The van der Waals surface area contributed by atoms with E-state index in [2.05, 4.69) is 34.5 Å². The fraction of sp³-hybridized carbons (Fsp3) is 0.353. The Labute approximate surface area is 145 Å². The van der Waals surface area contributed by atoms with Gasteiger partial charge in [0.05, 0.1) is 12.1 Å². The van der Waals surface area contributed by atoms with Crippen LogP contribution in [0.4, 0.5) is 0 Å². The van der Waals surface area contributed by atoms with Gasteiger partial charge < -0.3 is 9.73 Å². The summed E-state index contributed by atoms with van der Waals surface area (Å²) in [4.78, 5) is 0. The van der Waals surface area contributed by atoms with E-state index in [-0.39, 0.29) is 18.1 Å². The maximum atomic E-state index is 6.01. The molecule has 6 nitrogen and oxygen atoms in total. The molecule has 0 fully saturated rings. The van der Waals surface area contributed by atoms with Crippen LogP contribution in [0.2, 0.25) is 5.02 Å². The minimum atomic E-state index is -0.0709. The highest BCUT2D eigenvalue weighted by atomic mass is 35.5. The van der Waals surface area contributed by atoms with E-state index in [1.165, 1.54) is 0 Å². The van der Waals surface area contributed by atoms with Gasteiger partial charge in [0.1, 0.15) is 0 Å². The van der Waals surface area contributed by atoms with Crippen LogP contribution in [0.15, 0.2) is 47.1 Å². The zero-order valence-corrected chi connectivity index (χ0v) is 14.6. The molecule has 0 aliphatic heterocycles. The quantitative estimate of drug-likeness (QED) is 0.734. The number of rotatable bonds is 6. The molecule has 0 saturated carbocycles. The van der Waals surface area contributed by atoms with E-state index in [1.807, 2.05) is 42.1 Å². The monoisotopic (exact) mass is 345 g/mol. The van der Waals surface area contributed by atoms with Crippen LogP contribution in [0.25, 0.3) is 11.5 Å².